The summed E-state index contributed by atoms with van der Waals surface area (Å²) >= 11 is 1.57. The highest BCUT2D eigenvalue weighted by molar-refractivity contribution is 7.89. The number of benzene rings is 1. The standard InChI is InChI=1S/C15H20N2O2S2/c1-13-12-20-15(17-13)9-10-16-21(18,19)11-5-8-14-6-3-2-4-7-14/h2-4,6-7,12,16H,5,8-11H2,1H3. The number of thiazole rings is 1. The van der Waals surface area contributed by atoms with Gasteiger partial charge in [-0.1, -0.05) is 30.3 Å². The Morgan fingerprint density at radius 2 is 1.95 bits per heavy atom. The van der Waals surface area contributed by atoms with Crippen molar-refractivity contribution in [2.75, 3.05) is 12.3 Å². The van der Waals surface area contributed by atoms with Crippen LogP contribution >= 0.6 is 11.3 Å². The zero-order valence-electron chi connectivity index (χ0n) is 12.1. The summed E-state index contributed by atoms with van der Waals surface area (Å²) in [6.45, 7) is 2.36. The summed E-state index contributed by atoms with van der Waals surface area (Å²) in [5, 5.41) is 2.95. The Bertz CT molecular complexity index is 651. The van der Waals surface area contributed by atoms with Crippen molar-refractivity contribution >= 4 is 21.4 Å². The highest BCUT2D eigenvalue weighted by atomic mass is 32.2. The predicted molar refractivity (Wildman–Crippen MR) is 87.1 cm³/mol. The molecule has 4 nitrogen and oxygen atoms in total. The van der Waals surface area contributed by atoms with Crippen molar-refractivity contribution in [3.05, 3.63) is 52.0 Å². The second kappa shape index (κ2) is 7.68. The van der Waals surface area contributed by atoms with Gasteiger partial charge in [-0.25, -0.2) is 18.1 Å². The minimum Gasteiger partial charge on any atom is -0.247 e. The van der Waals surface area contributed by atoms with E-state index in [4.69, 9.17) is 0 Å². The maximum atomic E-state index is 11.9. The molecule has 0 amide bonds. The first-order chi connectivity index (χ1) is 10.1. The number of aryl methyl sites for hydroxylation is 2. The van der Waals surface area contributed by atoms with E-state index in [1.165, 1.54) is 5.56 Å². The summed E-state index contributed by atoms with van der Waals surface area (Å²) in [6.07, 6.45) is 2.07. The average Bonchev–Trinajstić information content (AvgIpc) is 2.85. The van der Waals surface area contributed by atoms with Crippen LogP contribution in [0.4, 0.5) is 0 Å². The zero-order valence-corrected chi connectivity index (χ0v) is 13.7. The van der Waals surface area contributed by atoms with Crippen LogP contribution in [0.2, 0.25) is 0 Å². The number of hydrogen-bond acceptors (Lipinski definition) is 4. The maximum Gasteiger partial charge on any atom is 0.211 e. The Morgan fingerprint density at radius 1 is 1.19 bits per heavy atom. The summed E-state index contributed by atoms with van der Waals surface area (Å²) in [5.41, 5.74) is 2.16. The van der Waals surface area contributed by atoms with Crippen molar-refractivity contribution in [2.45, 2.75) is 26.2 Å². The lowest BCUT2D eigenvalue weighted by Gasteiger charge is -2.06. The van der Waals surface area contributed by atoms with Gasteiger partial charge in [0.05, 0.1) is 10.8 Å². The molecule has 114 valence electrons. The van der Waals surface area contributed by atoms with Gasteiger partial charge < -0.3 is 0 Å². The molecule has 0 aliphatic rings. The van der Waals surface area contributed by atoms with E-state index in [1.807, 2.05) is 42.6 Å². The van der Waals surface area contributed by atoms with Gasteiger partial charge in [0.15, 0.2) is 0 Å². The average molecular weight is 324 g/mol. The van der Waals surface area contributed by atoms with E-state index in [1.54, 1.807) is 11.3 Å². The lowest BCUT2D eigenvalue weighted by Crippen LogP contribution is -2.28. The fourth-order valence-electron chi connectivity index (χ4n) is 2.01. The number of rotatable bonds is 8. The van der Waals surface area contributed by atoms with Crippen molar-refractivity contribution in [1.29, 1.82) is 0 Å². The highest BCUT2D eigenvalue weighted by Crippen LogP contribution is 2.09. The van der Waals surface area contributed by atoms with E-state index >= 15 is 0 Å². The number of hydrogen-bond donors (Lipinski definition) is 1. The molecule has 0 saturated carbocycles. The number of nitrogens with one attached hydrogen (secondary N) is 1. The second-order valence-corrected chi connectivity index (χ2v) is 7.80. The molecule has 2 rings (SSSR count). The molecule has 1 aromatic carbocycles. The van der Waals surface area contributed by atoms with Crippen molar-refractivity contribution in [3.63, 3.8) is 0 Å². The zero-order chi connectivity index (χ0) is 15.1. The third kappa shape index (κ3) is 5.95. The van der Waals surface area contributed by atoms with E-state index in [0.717, 1.165) is 17.1 Å². The summed E-state index contributed by atoms with van der Waals surface area (Å²) < 4.78 is 26.4. The lowest BCUT2D eigenvalue weighted by atomic mass is 10.1. The fourth-order valence-corrected chi connectivity index (χ4v) is 3.87. The molecule has 21 heavy (non-hydrogen) atoms. The maximum absolute atomic E-state index is 11.9. The van der Waals surface area contributed by atoms with E-state index in [2.05, 4.69) is 9.71 Å². The van der Waals surface area contributed by atoms with E-state index < -0.39 is 10.0 Å². The molecule has 1 N–H and O–H groups in total. The number of nitrogens with zero attached hydrogens (tertiary/aromatic N) is 1. The van der Waals surface area contributed by atoms with Gasteiger partial charge in [0.2, 0.25) is 10.0 Å². The minimum atomic E-state index is -3.19. The second-order valence-electron chi connectivity index (χ2n) is 4.93. The molecule has 1 aromatic heterocycles. The third-order valence-corrected chi connectivity index (χ3v) is 5.55. The quantitative estimate of drug-likeness (QED) is 0.812. The Hall–Kier alpha value is -1.24. The molecule has 0 unspecified atom stereocenters. The van der Waals surface area contributed by atoms with Crippen molar-refractivity contribution in [2.24, 2.45) is 0 Å². The van der Waals surface area contributed by atoms with E-state index in [0.29, 0.717) is 19.4 Å². The largest absolute Gasteiger partial charge is 0.247 e. The predicted octanol–water partition coefficient (Wildman–Crippen LogP) is 2.55. The minimum absolute atomic E-state index is 0.165. The molecule has 0 saturated heterocycles. The molecule has 0 radical (unpaired) electrons. The number of aromatic nitrogens is 1. The molecule has 0 fully saturated rings. The smallest absolute Gasteiger partial charge is 0.211 e. The van der Waals surface area contributed by atoms with Gasteiger partial charge in [-0.05, 0) is 25.3 Å². The monoisotopic (exact) mass is 324 g/mol. The summed E-state index contributed by atoms with van der Waals surface area (Å²) in [6, 6.07) is 9.94. The van der Waals surface area contributed by atoms with Crippen LogP contribution in [0.1, 0.15) is 22.7 Å². The molecule has 0 bridgehead atoms. The van der Waals surface area contributed by atoms with Gasteiger partial charge >= 0.3 is 0 Å². The Kier molecular flexibility index (Phi) is 5.90. The van der Waals surface area contributed by atoms with Crippen molar-refractivity contribution in [1.82, 2.24) is 9.71 Å². The van der Waals surface area contributed by atoms with E-state index in [-0.39, 0.29) is 5.75 Å². The van der Waals surface area contributed by atoms with Gasteiger partial charge in [-0.2, -0.15) is 0 Å². The molecule has 1 heterocycles. The van der Waals surface area contributed by atoms with Crippen LogP contribution in [0.15, 0.2) is 35.7 Å². The van der Waals surface area contributed by atoms with Crippen molar-refractivity contribution in [3.8, 4) is 0 Å². The summed E-state index contributed by atoms with van der Waals surface area (Å²) in [5.74, 6) is 0.165. The third-order valence-electron chi connectivity index (χ3n) is 3.05. The molecule has 0 spiro atoms. The Morgan fingerprint density at radius 3 is 2.62 bits per heavy atom. The van der Waals surface area contributed by atoms with Gasteiger partial charge in [-0.15, -0.1) is 11.3 Å². The molecular formula is C15H20N2O2S2. The summed E-state index contributed by atoms with van der Waals surface area (Å²) in [4.78, 5) is 4.32. The molecule has 0 aliphatic carbocycles. The topological polar surface area (TPSA) is 59.1 Å². The van der Waals surface area contributed by atoms with Crippen LogP contribution < -0.4 is 4.72 Å². The SMILES string of the molecule is Cc1csc(CCNS(=O)(=O)CCCc2ccccc2)n1. The number of sulfonamides is 1. The Balaban J connectivity index is 1.69. The van der Waals surface area contributed by atoms with Crippen LogP contribution in [-0.2, 0) is 22.9 Å². The van der Waals surface area contributed by atoms with Gasteiger partial charge in [-0.3, -0.25) is 0 Å². The van der Waals surface area contributed by atoms with Crippen LogP contribution in [0.5, 0.6) is 0 Å². The highest BCUT2D eigenvalue weighted by Gasteiger charge is 2.10. The van der Waals surface area contributed by atoms with Gasteiger partial charge in [0, 0.05) is 24.0 Å². The Labute approximate surface area is 130 Å². The normalized spacial score (nSPS) is 11.7. The first-order valence-corrected chi connectivity index (χ1v) is 9.51. The summed E-state index contributed by atoms with van der Waals surface area (Å²) in [7, 11) is -3.19. The van der Waals surface area contributed by atoms with Gasteiger partial charge in [0.1, 0.15) is 0 Å². The van der Waals surface area contributed by atoms with Gasteiger partial charge in [0.25, 0.3) is 0 Å². The first-order valence-electron chi connectivity index (χ1n) is 6.97. The molecular weight excluding hydrogens is 304 g/mol. The van der Waals surface area contributed by atoms with Crippen molar-refractivity contribution < 1.29 is 8.42 Å². The first kappa shape index (κ1) is 16.1. The van der Waals surface area contributed by atoms with Crippen LogP contribution in [-0.4, -0.2) is 25.7 Å². The van der Waals surface area contributed by atoms with E-state index in [9.17, 15) is 8.42 Å². The fraction of sp³-hybridized carbons (Fsp3) is 0.400. The molecule has 6 heteroatoms. The lowest BCUT2D eigenvalue weighted by molar-refractivity contribution is 0.578. The molecule has 2 aromatic rings. The van der Waals surface area contributed by atoms with Crippen LogP contribution in [0, 0.1) is 6.92 Å². The molecule has 0 atom stereocenters. The van der Waals surface area contributed by atoms with Crippen LogP contribution in [0.3, 0.4) is 0 Å². The molecule has 0 aliphatic heterocycles. The van der Waals surface area contributed by atoms with Crippen LogP contribution in [0.25, 0.3) is 0 Å².